The highest BCUT2D eigenvalue weighted by molar-refractivity contribution is 7.11. The summed E-state index contributed by atoms with van der Waals surface area (Å²) in [4.78, 5) is 17.1. The van der Waals surface area contributed by atoms with Crippen LogP contribution in [0.2, 0.25) is 0 Å². The van der Waals surface area contributed by atoms with Gasteiger partial charge in [0.1, 0.15) is 5.01 Å². The number of carbonyl (C=O) groups is 1. The Kier molecular flexibility index (Phi) is 4.24. The Morgan fingerprint density at radius 2 is 2.20 bits per heavy atom. The van der Waals surface area contributed by atoms with E-state index in [2.05, 4.69) is 15.6 Å². The third-order valence-corrected chi connectivity index (χ3v) is 4.02. The van der Waals surface area contributed by atoms with Gasteiger partial charge in [-0.25, -0.2) is 4.98 Å². The molecule has 1 aromatic carbocycles. The van der Waals surface area contributed by atoms with Gasteiger partial charge in [-0.15, -0.1) is 11.3 Å². The molecule has 0 bridgehead atoms. The van der Waals surface area contributed by atoms with Crippen molar-refractivity contribution in [2.45, 2.75) is 19.9 Å². The zero-order valence-corrected chi connectivity index (χ0v) is 12.5. The molecule has 0 aliphatic carbocycles. The maximum Gasteiger partial charge on any atom is 0.251 e. The van der Waals surface area contributed by atoms with E-state index in [0.717, 1.165) is 10.7 Å². The molecule has 20 heavy (non-hydrogen) atoms. The molecule has 0 radical (unpaired) electrons. The predicted octanol–water partition coefficient (Wildman–Crippen LogP) is 2.57. The number of aryl methyl sites for hydroxylation is 1. The summed E-state index contributed by atoms with van der Waals surface area (Å²) in [6, 6.07) is 5.30. The van der Waals surface area contributed by atoms with E-state index < -0.39 is 0 Å². The van der Waals surface area contributed by atoms with Crippen molar-refractivity contribution in [2.75, 3.05) is 18.1 Å². The lowest BCUT2D eigenvalue weighted by Gasteiger charge is -2.15. The minimum absolute atomic E-state index is 0.0712. The smallest absolute Gasteiger partial charge is 0.251 e. The van der Waals surface area contributed by atoms with Crippen molar-refractivity contribution in [2.24, 2.45) is 0 Å². The summed E-state index contributed by atoms with van der Waals surface area (Å²) < 4.78 is 0. The summed E-state index contributed by atoms with van der Waals surface area (Å²) in [6.45, 7) is 4.06. The Hall–Kier alpha value is -2.08. The van der Waals surface area contributed by atoms with Gasteiger partial charge in [-0.05, 0) is 32.0 Å². The van der Waals surface area contributed by atoms with Crippen LogP contribution in [-0.4, -0.2) is 17.9 Å². The summed E-state index contributed by atoms with van der Waals surface area (Å²) >= 11 is 1.65. The number of amides is 1. The fourth-order valence-electron chi connectivity index (χ4n) is 1.85. The van der Waals surface area contributed by atoms with Gasteiger partial charge in [0.15, 0.2) is 0 Å². The van der Waals surface area contributed by atoms with Crippen LogP contribution in [0.15, 0.2) is 24.4 Å². The number of nitrogens with two attached hydrogens (primary N) is 1. The molecule has 0 aliphatic rings. The zero-order valence-electron chi connectivity index (χ0n) is 11.7. The highest BCUT2D eigenvalue weighted by atomic mass is 32.1. The molecule has 0 aliphatic heterocycles. The highest BCUT2D eigenvalue weighted by Gasteiger charge is 2.12. The largest absolute Gasteiger partial charge is 0.397 e. The first-order chi connectivity index (χ1) is 9.51. The van der Waals surface area contributed by atoms with Crippen LogP contribution < -0.4 is 16.4 Å². The number of nitrogen functional groups attached to an aromatic ring is 1. The molecule has 1 amide bonds. The predicted molar refractivity (Wildman–Crippen MR) is 83.1 cm³/mol. The molecule has 5 nitrogen and oxygen atoms in total. The number of rotatable bonds is 4. The Bertz CT molecular complexity index is 623. The SMILES string of the molecule is CNC(=O)c1ccc(NC(C)c2ncc(C)s2)c(N)c1. The van der Waals surface area contributed by atoms with Crippen LogP contribution in [0.1, 0.15) is 33.2 Å². The minimum atomic E-state index is -0.146. The normalized spacial score (nSPS) is 11.9. The molecule has 0 saturated heterocycles. The number of nitrogens with zero attached hydrogens (tertiary/aromatic N) is 1. The molecule has 1 unspecified atom stereocenters. The number of benzene rings is 1. The average molecular weight is 290 g/mol. The van der Waals surface area contributed by atoms with Crippen LogP contribution in [0, 0.1) is 6.92 Å². The molecular weight excluding hydrogens is 272 g/mol. The molecule has 2 aromatic rings. The van der Waals surface area contributed by atoms with Crippen molar-refractivity contribution in [1.82, 2.24) is 10.3 Å². The van der Waals surface area contributed by atoms with Crippen molar-refractivity contribution >= 4 is 28.6 Å². The first-order valence-corrected chi connectivity index (χ1v) is 7.13. The topological polar surface area (TPSA) is 80.0 Å². The number of hydrogen-bond donors (Lipinski definition) is 3. The van der Waals surface area contributed by atoms with Gasteiger partial charge in [-0.1, -0.05) is 0 Å². The zero-order chi connectivity index (χ0) is 14.7. The van der Waals surface area contributed by atoms with E-state index in [4.69, 9.17) is 5.73 Å². The van der Waals surface area contributed by atoms with Crippen molar-refractivity contribution in [1.29, 1.82) is 0 Å². The lowest BCUT2D eigenvalue weighted by molar-refractivity contribution is 0.0963. The lowest BCUT2D eigenvalue weighted by Crippen LogP contribution is -2.18. The fraction of sp³-hybridized carbons (Fsp3) is 0.286. The second-order valence-corrected chi connectivity index (χ2v) is 5.82. The highest BCUT2D eigenvalue weighted by Crippen LogP contribution is 2.27. The number of hydrogen-bond acceptors (Lipinski definition) is 5. The van der Waals surface area contributed by atoms with Gasteiger partial charge in [0.25, 0.3) is 5.91 Å². The van der Waals surface area contributed by atoms with Crippen LogP contribution in [0.4, 0.5) is 11.4 Å². The van der Waals surface area contributed by atoms with Crippen LogP contribution in [0.3, 0.4) is 0 Å². The standard InChI is InChI=1S/C14H18N4OS/c1-8-7-17-14(20-8)9(2)18-12-5-4-10(6-11(12)15)13(19)16-3/h4-7,9,18H,15H2,1-3H3,(H,16,19). The van der Waals surface area contributed by atoms with Gasteiger partial charge in [0.05, 0.1) is 17.4 Å². The molecule has 4 N–H and O–H groups in total. The van der Waals surface area contributed by atoms with E-state index in [-0.39, 0.29) is 11.9 Å². The van der Waals surface area contributed by atoms with Gasteiger partial charge in [0, 0.05) is 23.7 Å². The van der Waals surface area contributed by atoms with Crippen molar-refractivity contribution in [3.8, 4) is 0 Å². The fourth-order valence-corrected chi connectivity index (χ4v) is 2.62. The summed E-state index contributed by atoms with van der Waals surface area (Å²) in [5, 5.41) is 6.90. The molecule has 1 atom stereocenters. The number of anilines is 2. The molecule has 2 rings (SSSR count). The average Bonchev–Trinajstić information content (AvgIpc) is 2.86. The number of aromatic nitrogens is 1. The second-order valence-electron chi connectivity index (χ2n) is 4.56. The van der Waals surface area contributed by atoms with Crippen molar-refractivity contribution in [3.63, 3.8) is 0 Å². The molecule has 1 heterocycles. The van der Waals surface area contributed by atoms with Crippen LogP contribution in [0.5, 0.6) is 0 Å². The monoisotopic (exact) mass is 290 g/mol. The summed E-state index contributed by atoms with van der Waals surface area (Å²) in [6.07, 6.45) is 1.86. The number of carbonyl (C=O) groups excluding carboxylic acids is 1. The summed E-state index contributed by atoms with van der Waals surface area (Å²) in [5.74, 6) is -0.146. The molecular formula is C14H18N4OS. The van der Waals surface area contributed by atoms with E-state index in [0.29, 0.717) is 11.3 Å². The Balaban J connectivity index is 2.15. The van der Waals surface area contributed by atoms with Gasteiger partial charge < -0.3 is 16.4 Å². The first-order valence-electron chi connectivity index (χ1n) is 6.31. The lowest BCUT2D eigenvalue weighted by atomic mass is 10.1. The van der Waals surface area contributed by atoms with Crippen LogP contribution in [-0.2, 0) is 0 Å². The van der Waals surface area contributed by atoms with Crippen molar-refractivity contribution < 1.29 is 4.79 Å². The first kappa shape index (κ1) is 14.3. The summed E-state index contributed by atoms with van der Waals surface area (Å²) in [5.41, 5.74) is 7.89. The Morgan fingerprint density at radius 1 is 1.45 bits per heavy atom. The van der Waals surface area contributed by atoms with E-state index in [1.165, 1.54) is 4.88 Å². The van der Waals surface area contributed by atoms with Gasteiger partial charge in [-0.2, -0.15) is 0 Å². The third-order valence-electron chi connectivity index (χ3n) is 2.92. The molecule has 0 fully saturated rings. The van der Waals surface area contributed by atoms with Gasteiger partial charge in [-0.3, -0.25) is 4.79 Å². The molecule has 0 spiro atoms. The van der Waals surface area contributed by atoms with E-state index in [1.54, 1.807) is 30.5 Å². The summed E-state index contributed by atoms with van der Waals surface area (Å²) in [7, 11) is 1.59. The Morgan fingerprint density at radius 3 is 2.75 bits per heavy atom. The van der Waals surface area contributed by atoms with E-state index >= 15 is 0 Å². The number of nitrogens with one attached hydrogen (secondary N) is 2. The molecule has 0 saturated carbocycles. The third kappa shape index (κ3) is 3.08. The van der Waals surface area contributed by atoms with E-state index in [1.807, 2.05) is 26.1 Å². The van der Waals surface area contributed by atoms with Crippen LogP contribution in [0.25, 0.3) is 0 Å². The van der Waals surface area contributed by atoms with Crippen molar-refractivity contribution in [3.05, 3.63) is 39.8 Å². The maximum absolute atomic E-state index is 11.5. The minimum Gasteiger partial charge on any atom is -0.397 e. The number of thiazole rings is 1. The second kappa shape index (κ2) is 5.92. The van der Waals surface area contributed by atoms with Gasteiger partial charge in [0.2, 0.25) is 0 Å². The maximum atomic E-state index is 11.5. The van der Waals surface area contributed by atoms with E-state index in [9.17, 15) is 4.79 Å². The molecule has 1 aromatic heterocycles. The van der Waals surface area contributed by atoms with Gasteiger partial charge >= 0.3 is 0 Å². The Labute approximate surface area is 122 Å². The molecule has 6 heteroatoms. The molecule has 106 valence electrons. The quantitative estimate of drug-likeness (QED) is 0.756. The van der Waals surface area contributed by atoms with Crippen LogP contribution >= 0.6 is 11.3 Å².